The Labute approximate surface area is 174 Å². The highest BCUT2D eigenvalue weighted by molar-refractivity contribution is 8.00. The van der Waals surface area contributed by atoms with Crippen LogP contribution < -0.4 is 9.64 Å². The molecule has 1 atom stereocenters. The van der Waals surface area contributed by atoms with Crippen molar-refractivity contribution in [3.8, 4) is 5.75 Å². The van der Waals surface area contributed by atoms with E-state index in [2.05, 4.69) is 0 Å². The third kappa shape index (κ3) is 5.90. The number of halogens is 1. The zero-order chi connectivity index (χ0) is 20.0. The molecule has 8 heteroatoms. The number of amides is 1. The molecule has 0 radical (unpaired) electrons. The molecular weight excluding hydrogens is 418 g/mol. The van der Waals surface area contributed by atoms with Gasteiger partial charge in [-0.1, -0.05) is 29.8 Å². The van der Waals surface area contributed by atoms with Crippen molar-refractivity contribution in [2.45, 2.75) is 12.5 Å². The number of anilines is 1. The molecule has 2 aromatic carbocycles. The quantitative estimate of drug-likeness (QED) is 0.587. The van der Waals surface area contributed by atoms with E-state index < -0.39 is 9.84 Å². The molecule has 2 aromatic rings. The zero-order valence-corrected chi connectivity index (χ0v) is 17.7. The minimum atomic E-state index is -3.07. The molecule has 0 spiro atoms. The lowest BCUT2D eigenvalue weighted by Crippen LogP contribution is -2.42. The van der Waals surface area contributed by atoms with Crippen LogP contribution in [0.5, 0.6) is 5.75 Å². The number of rotatable bonds is 8. The summed E-state index contributed by atoms with van der Waals surface area (Å²) in [6.07, 6.45) is 0.479. The highest BCUT2D eigenvalue weighted by Gasteiger charge is 2.35. The number of thioether (sulfide) groups is 1. The minimum Gasteiger partial charge on any atom is -0.493 e. The molecule has 0 aliphatic carbocycles. The Morgan fingerprint density at radius 3 is 2.50 bits per heavy atom. The first-order valence-corrected chi connectivity index (χ1v) is 12.3. The molecule has 1 amide bonds. The Hall–Kier alpha value is -1.70. The molecule has 1 saturated heterocycles. The Kier molecular flexibility index (Phi) is 7.26. The fourth-order valence-electron chi connectivity index (χ4n) is 3.10. The molecule has 0 aromatic heterocycles. The Balaban J connectivity index is 1.54. The van der Waals surface area contributed by atoms with Crippen molar-refractivity contribution < 1.29 is 17.9 Å². The van der Waals surface area contributed by atoms with Crippen molar-refractivity contribution in [3.63, 3.8) is 0 Å². The van der Waals surface area contributed by atoms with Crippen LogP contribution in [0.25, 0.3) is 0 Å². The van der Waals surface area contributed by atoms with Crippen LogP contribution in [0.1, 0.15) is 6.42 Å². The number of benzene rings is 2. The zero-order valence-electron chi connectivity index (χ0n) is 15.3. The molecule has 1 heterocycles. The van der Waals surface area contributed by atoms with Crippen LogP contribution in [0.3, 0.4) is 0 Å². The Morgan fingerprint density at radius 2 is 1.86 bits per heavy atom. The van der Waals surface area contributed by atoms with Crippen molar-refractivity contribution in [2.75, 3.05) is 34.5 Å². The van der Waals surface area contributed by atoms with Gasteiger partial charge in [-0.05, 0) is 42.8 Å². The summed E-state index contributed by atoms with van der Waals surface area (Å²) in [5, 5.41) is 0.655. The number of para-hydroxylation sites is 1. The van der Waals surface area contributed by atoms with E-state index in [1.807, 2.05) is 30.3 Å². The summed E-state index contributed by atoms with van der Waals surface area (Å²) < 4.78 is 29.4. The number of nitrogens with zero attached hydrogens (tertiary/aromatic N) is 1. The normalized spacial score (nSPS) is 18.0. The monoisotopic (exact) mass is 439 g/mol. The number of hydrogen-bond acceptors (Lipinski definition) is 5. The van der Waals surface area contributed by atoms with Crippen molar-refractivity contribution >= 4 is 44.8 Å². The molecule has 150 valence electrons. The summed E-state index contributed by atoms with van der Waals surface area (Å²) in [4.78, 5) is 14.5. The van der Waals surface area contributed by atoms with Gasteiger partial charge in [-0.25, -0.2) is 8.42 Å². The van der Waals surface area contributed by atoms with Crippen LogP contribution in [-0.2, 0) is 14.6 Å². The van der Waals surface area contributed by atoms with E-state index in [1.165, 1.54) is 11.8 Å². The summed E-state index contributed by atoms with van der Waals surface area (Å²) in [5.74, 6) is 1.74. The Bertz CT molecular complexity index is 888. The van der Waals surface area contributed by atoms with Gasteiger partial charge in [-0.2, -0.15) is 0 Å². The number of carbonyl (C=O) groups is 1. The van der Waals surface area contributed by atoms with Crippen LogP contribution in [0.4, 0.5) is 5.69 Å². The van der Waals surface area contributed by atoms with Gasteiger partial charge < -0.3 is 9.64 Å². The first-order valence-electron chi connectivity index (χ1n) is 8.98. The van der Waals surface area contributed by atoms with E-state index in [9.17, 15) is 13.2 Å². The van der Waals surface area contributed by atoms with E-state index in [0.717, 1.165) is 11.4 Å². The molecule has 1 aliphatic rings. The van der Waals surface area contributed by atoms with Crippen LogP contribution in [0.15, 0.2) is 54.6 Å². The van der Waals surface area contributed by atoms with E-state index in [-0.39, 0.29) is 29.2 Å². The molecule has 28 heavy (non-hydrogen) atoms. The summed E-state index contributed by atoms with van der Waals surface area (Å²) >= 11 is 7.32. The second kappa shape index (κ2) is 9.67. The maximum absolute atomic E-state index is 12.9. The minimum absolute atomic E-state index is 0.0258. The highest BCUT2D eigenvalue weighted by Crippen LogP contribution is 2.25. The lowest BCUT2D eigenvalue weighted by molar-refractivity contribution is -0.116. The average Bonchev–Trinajstić information content (AvgIpc) is 3.03. The van der Waals surface area contributed by atoms with Gasteiger partial charge in [0.1, 0.15) is 5.75 Å². The molecule has 1 unspecified atom stereocenters. The average molecular weight is 440 g/mol. The first kappa shape index (κ1) is 21.0. The highest BCUT2D eigenvalue weighted by atomic mass is 35.5. The van der Waals surface area contributed by atoms with E-state index in [1.54, 1.807) is 29.2 Å². The van der Waals surface area contributed by atoms with E-state index >= 15 is 0 Å². The summed E-state index contributed by atoms with van der Waals surface area (Å²) in [6.45, 7) is 0.475. The van der Waals surface area contributed by atoms with Gasteiger partial charge in [0.2, 0.25) is 5.91 Å². The lowest BCUT2D eigenvalue weighted by atomic mass is 10.2. The topological polar surface area (TPSA) is 63.7 Å². The van der Waals surface area contributed by atoms with Crippen LogP contribution in [0.2, 0.25) is 5.02 Å². The Morgan fingerprint density at radius 1 is 1.14 bits per heavy atom. The molecule has 0 saturated carbocycles. The number of hydrogen-bond donors (Lipinski definition) is 0. The number of carbonyl (C=O) groups excluding carboxylic acids is 1. The second-order valence-corrected chi connectivity index (χ2v) is 10.3. The third-order valence-corrected chi connectivity index (χ3v) is 7.32. The fourth-order valence-corrected chi connectivity index (χ4v) is 5.59. The molecule has 3 rings (SSSR count). The summed E-state index contributed by atoms with van der Waals surface area (Å²) in [6, 6.07) is 16.1. The maximum Gasteiger partial charge on any atom is 0.237 e. The van der Waals surface area contributed by atoms with E-state index in [4.69, 9.17) is 16.3 Å². The van der Waals surface area contributed by atoms with Gasteiger partial charge >= 0.3 is 0 Å². The van der Waals surface area contributed by atoms with Crippen LogP contribution in [0, 0.1) is 0 Å². The first-order chi connectivity index (χ1) is 13.4. The van der Waals surface area contributed by atoms with E-state index in [0.29, 0.717) is 23.8 Å². The van der Waals surface area contributed by atoms with Crippen molar-refractivity contribution in [3.05, 3.63) is 59.6 Å². The predicted molar refractivity (Wildman–Crippen MR) is 115 cm³/mol. The van der Waals surface area contributed by atoms with Gasteiger partial charge in [-0.3, -0.25) is 4.79 Å². The van der Waals surface area contributed by atoms with Crippen LogP contribution >= 0.6 is 23.4 Å². The van der Waals surface area contributed by atoms with Gasteiger partial charge in [0.25, 0.3) is 0 Å². The molecule has 0 N–H and O–H groups in total. The maximum atomic E-state index is 12.9. The molecular formula is C20H22ClNO4S2. The number of ether oxygens (including phenoxy) is 1. The van der Waals surface area contributed by atoms with Crippen molar-refractivity contribution in [1.82, 2.24) is 0 Å². The van der Waals surface area contributed by atoms with Gasteiger partial charge in [-0.15, -0.1) is 11.8 Å². The molecule has 1 fully saturated rings. The molecule has 1 aliphatic heterocycles. The third-order valence-electron chi connectivity index (χ3n) is 4.41. The second-order valence-electron chi connectivity index (χ2n) is 6.51. The molecule has 0 bridgehead atoms. The van der Waals surface area contributed by atoms with Crippen molar-refractivity contribution in [2.24, 2.45) is 0 Å². The SMILES string of the molecule is O=C(CSCCOc1ccc(Cl)cc1)N(c1ccccc1)C1CCS(=O)(=O)C1. The standard InChI is InChI=1S/C20H22ClNO4S2/c21-16-6-8-19(9-7-16)26-11-12-27-14-20(23)22(17-4-2-1-3-5-17)18-10-13-28(24,25)15-18/h1-9,18H,10-15H2. The predicted octanol–water partition coefficient (Wildman–Crippen LogP) is 3.67. The number of sulfone groups is 1. The van der Waals surface area contributed by atoms with Gasteiger partial charge in [0.05, 0.1) is 29.9 Å². The smallest absolute Gasteiger partial charge is 0.237 e. The molecule has 5 nitrogen and oxygen atoms in total. The van der Waals surface area contributed by atoms with Crippen LogP contribution in [-0.4, -0.2) is 50.0 Å². The van der Waals surface area contributed by atoms with Gasteiger partial charge in [0, 0.05) is 16.5 Å². The summed E-state index contributed by atoms with van der Waals surface area (Å²) in [7, 11) is -3.07. The summed E-state index contributed by atoms with van der Waals surface area (Å²) in [5.41, 5.74) is 0.743. The lowest BCUT2D eigenvalue weighted by Gasteiger charge is -2.28. The van der Waals surface area contributed by atoms with Gasteiger partial charge in [0.15, 0.2) is 9.84 Å². The fraction of sp³-hybridized carbons (Fsp3) is 0.350. The van der Waals surface area contributed by atoms with Crippen molar-refractivity contribution in [1.29, 1.82) is 0 Å². The largest absolute Gasteiger partial charge is 0.493 e.